The van der Waals surface area contributed by atoms with Gasteiger partial charge < -0.3 is 5.21 Å². The molecule has 2 nitrogen and oxygen atoms in total. The summed E-state index contributed by atoms with van der Waals surface area (Å²) in [5.41, 5.74) is 0. The molecule has 2 heteroatoms. The van der Waals surface area contributed by atoms with E-state index >= 15 is 0 Å². The summed E-state index contributed by atoms with van der Waals surface area (Å²) in [6, 6.07) is 0. The van der Waals surface area contributed by atoms with Crippen molar-refractivity contribution < 1.29 is 5.21 Å². The Kier molecular flexibility index (Phi) is 7.51. The molecule has 0 aliphatic rings. The van der Waals surface area contributed by atoms with Crippen LogP contribution in [-0.4, -0.2) is 23.4 Å². The van der Waals surface area contributed by atoms with Crippen LogP contribution in [-0.2, 0) is 0 Å². The van der Waals surface area contributed by atoms with E-state index in [1.807, 2.05) is 6.92 Å². The topological polar surface area (TPSA) is 23.5 Å². The van der Waals surface area contributed by atoms with Gasteiger partial charge in [-0.05, 0) is 12.3 Å². The first-order chi connectivity index (χ1) is 5.74. The summed E-state index contributed by atoms with van der Waals surface area (Å²) in [5.74, 6) is 0.676. The fourth-order valence-electron chi connectivity index (χ4n) is 1.34. The van der Waals surface area contributed by atoms with Crippen LogP contribution in [0, 0.1) is 5.92 Å². The summed E-state index contributed by atoms with van der Waals surface area (Å²) in [6.45, 7) is 7.97. The maximum Gasteiger partial charge on any atom is 0.0266 e. The van der Waals surface area contributed by atoms with Gasteiger partial charge in [-0.15, -0.1) is 0 Å². The van der Waals surface area contributed by atoms with E-state index in [1.54, 1.807) is 0 Å². The molecule has 0 aromatic heterocycles. The zero-order chi connectivity index (χ0) is 9.40. The maximum atomic E-state index is 9.29. The van der Waals surface area contributed by atoms with Gasteiger partial charge in [-0.1, -0.05) is 40.0 Å². The van der Waals surface area contributed by atoms with Gasteiger partial charge in [0.15, 0.2) is 0 Å². The van der Waals surface area contributed by atoms with Crippen LogP contribution >= 0.6 is 0 Å². The summed E-state index contributed by atoms with van der Waals surface area (Å²) < 4.78 is 0. The van der Waals surface area contributed by atoms with E-state index in [0.29, 0.717) is 5.92 Å². The van der Waals surface area contributed by atoms with E-state index in [2.05, 4.69) is 13.8 Å². The zero-order valence-corrected chi connectivity index (χ0v) is 8.71. The summed E-state index contributed by atoms with van der Waals surface area (Å²) >= 11 is 0. The Morgan fingerprint density at radius 3 is 2.33 bits per heavy atom. The fourth-order valence-corrected chi connectivity index (χ4v) is 1.34. The molecule has 0 radical (unpaired) electrons. The minimum absolute atomic E-state index is 0.676. The normalized spacial score (nSPS) is 13.8. The van der Waals surface area contributed by atoms with Crippen LogP contribution in [0.1, 0.15) is 46.5 Å². The summed E-state index contributed by atoms with van der Waals surface area (Å²) in [5, 5.41) is 10.7. The van der Waals surface area contributed by atoms with E-state index in [9.17, 15) is 5.21 Å². The van der Waals surface area contributed by atoms with Crippen LogP contribution in [0.2, 0.25) is 0 Å². The van der Waals surface area contributed by atoms with Crippen LogP contribution in [0.15, 0.2) is 0 Å². The van der Waals surface area contributed by atoms with Crippen molar-refractivity contribution in [3.05, 3.63) is 0 Å². The Morgan fingerprint density at radius 2 is 1.92 bits per heavy atom. The van der Waals surface area contributed by atoms with Gasteiger partial charge in [-0.2, -0.15) is 5.06 Å². The van der Waals surface area contributed by atoms with Crippen LogP contribution < -0.4 is 0 Å². The fraction of sp³-hybridized carbons (Fsp3) is 1.00. The van der Waals surface area contributed by atoms with Gasteiger partial charge in [0.05, 0.1) is 0 Å². The number of hydrogen-bond acceptors (Lipinski definition) is 2. The van der Waals surface area contributed by atoms with E-state index < -0.39 is 0 Å². The molecule has 12 heavy (non-hydrogen) atoms. The average Bonchev–Trinajstić information content (AvgIpc) is 2.11. The first-order valence-corrected chi connectivity index (χ1v) is 5.18. The van der Waals surface area contributed by atoms with Crippen molar-refractivity contribution in [3.8, 4) is 0 Å². The molecule has 74 valence electrons. The highest BCUT2D eigenvalue weighted by molar-refractivity contribution is 4.59. The minimum atomic E-state index is 0.676. The molecule has 0 aliphatic heterocycles. The second kappa shape index (κ2) is 7.56. The molecule has 0 bridgehead atoms. The molecule has 0 aliphatic carbocycles. The van der Waals surface area contributed by atoms with Crippen molar-refractivity contribution in [2.45, 2.75) is 46.5 Å². The number of hydrogen-bond donors (Lipinski definition) is 1. The Hall–Kier alpha value is -0.0800. The van der Waals surface area contributed by atoms with Crippen LogP contribution in [0.3, 0.4) is 0 Å². The second-order valence-corrected chi connectivity index (χ2v) is 3.42. The highest BCUT2D eigenvalue weighted by atomic mass is 16.5. The summed E-state index contributed by atoms with van der Waals surface area (Å²) in [4.78, 5) is 0. The first-order valence-electron chi connectivity index (χ1n) is 5.18. The van der Waals surface area contributed by atoms with E-state index in [4.69, 9.17) is 0 Å². The zero-order valence-electron chi connectivity index (χ0n) is 8.71. The molecule has 0 aromatic carbocycles. The van der Waals surface area contributed by atoms with Crippen molar-refractivity contribution in [1.29, 1.82) is 0 Å². The van der Waals surface area contributed by atoms with Gasteiger partial charge in [0.1, 0.15) is 0 Å². The lowest BCUT2D eigenvalue weighted by atomic mass is 9.99. The molecule has 1 unspecified atom stereocenters. The lowest BCUT2D eigenvalue weighted by Crippen LogP contribution is -2.25. The largest absolute Gasteiger partial charge is 0.314 e. The van der Waals surface area contributed by atoms with Gasteiger partial charge in [-0.3, -0.25) is 0 Å². The third-order valence-electron chi connectivity index (χ3n) is 2.38. The first kappa shape index (κ1) is 11.9. The molecule has 0 rings (SSSR count). The Bertz CT molecular complexity index is 95.8. The molecular formula is C10H23NO. The molecule has 0 saturated heterocycles. The number of nitrogens with zero attached hydrogens (tertiary/aromatic N) is 1. The lowest BCUT2D eigenvalue weighted by Gasteiger charge is -2.19. The van der Waals surface area contributed by atoms with Crippen LogP contribution in [0.5, 0.6) is 0 Å². The molecule has 0 amide bonds. The Balaban J connectivity index is 3.51. The smallest absolute Gasteiger partial charge is 0.0266 e. The highest BCUT2D eigenvalue weighted by Crippen LogP contribution is 2.13. The molecule has 0 spiro atoms. The van der Waals surface area contributed by atoms with Crippen molar-refractivity contribution in [3.63, 3.8) is 0 Å². The lowest BCUT2D eigenvalue weighted by molar-refractivity contribution is -0.0978. The van der Waals surface area contributed by atoms with Gasteiger partial charge in [-0.25, -0.2) is 0 Å². The predicted molar refractivity (Wildman–Crippen MR) is 52.3 cm³/mol. The molecule has 0 heterocycles. The predicted octanol–water partition coefficient (Wildman–Crippen LogP) is 2.91. The van der Waals surface area contributed by atoms with Gasteiger partial charge in [0.2, 0.25) is 0 Å². The quantitative estimate of drug-likeness (QED) is 0.598. The molecule has 0 aromatic rings. The summed E-state index contributed by atoms with van der Waals surface area (Å²) in [7, 11) is 0. The molecule has 1 atom stereocenters. The number of rotatable bonds is 7. The van der Waals surface area contributed by atoms with Crippen molar-refractivity contribution in [2.75, 3.05) is 13.1 Å². The van der Waals surface area contributed by atoms with Crippen LogP contribution in [0.4, 0.5) is 0 Å². The van der Waals surface area contributed by atoms with Gasteiger partial charge in [0.25, 0.3) is 0 Å². The van der Waals surface area contributed by atoms with Crippen LogP contribution in [0.25, 0.3) is 0 Å². The molecule has 0 saturated carbocycles. The Labute approximate surface area is 76.5 Å². The van der Waals surface area contributed by atoms with E-state index in [0.717, 1.165) is 13.1 Å². The molecule has 1 N–H and O–H groups in total. The Morgan fingerprint density at radius 1 is 1.25 bits per heavy atom. The van der Waals surface area contributed by atoms with E-state index in [-0.39, 0.29) is 0 Å². The van der Waals surface area contributed by atoms with Crippen molar-refractivity contribution >= 4 is 0 Å². The highest BCUT2D eigenvalue weighted by Gasteiger charge is 2.08. The number of unbranched alkanes of at least 4 members (excludes halogenated alkanes) is 1. The maximum absolute atomic E-state index is 9.29. The van der Waals surface area contributed by atoms with Crippen molar-refractivity contribution in [1.82, 2.24) is 5.06 Å². The van der Waals surface area contributed by atoms with Gasteiger partial charge in [0, 0.05) is 13.1 Å². The summed E-state index contributed by atoms with van der Waals surface area (Å²) in [6.07, 6.45) is 4.98. The third kappa shape index (κ3) is 5.56. The third-order valence-corrected chi connectivity index (χ3v) is 2.38. The molecular weight excluding hydrogens is 150 g/mol. The minimum Gasteiger partial charge on any atom is -0.314 e. The average molecular weight is 173 g/mol. The monoisotopic (exact) mass is 173 g/mol. The second-order valence-electron chi connectivity index (χ2n) is 3.42. The molecule has 0 fully saturated rings. The van der Waals surface area contributed by atoms with Gasteiger partial charge >= 0.3 is 0 Å². The van der Waals surface area contributed by atoms with Crippen molar-refractivity contribution in [2.24, 2.45) is 5.92 Å². The standard InChI is InChI=1S/C10H23NO/c1-4-7-8-10(5-2)9-11(12)6-3/h10,12H,4-9H2,1-3H3. The van der Waals surface area contributed by atoms with E-state index in [1.165, 1.54) is 30.7 Å². The SMILES string of the molecule is CCCCC(CC)CN(O)CC. The number of hydroxylamine groups is 2.